The number of amides is 2. The molecule has 0 fully saturated rings. The second kappa shape index (κ2) is 22.8. The second-order valence-corrected chi connectivity index (χ2v) is 18.1. The van der Waals surface area contributed by atoms with Crippen molar-refractivity contribution in [2.24, 2.45) is 5.41 Å². The fourth-order valence-electron chi connectivity index (χ4n) is 6.83. The monoisotopic (exact) mass is 819 g/mol. The van der Waals surface area contributed by atoms with Gasteiger partial charge in [0.15, 0.2) is 5.82 Å². The van der Waals surface area contributed by atoms with Gasteiger partial charge in [0.25, 0.3) is 5.91 Å². The van der Waals surface area contributed by atoms with E-state index in [0.717, 1.165) is 53.5 Å². The van der Waals surface area contributed by atoms with E-state index in [1.54, 1.807) is 35.6 Å². The van der Waals surface area contributed by atoms with Crippen LogP contribution >= 0.6 is 21.6 Å². The molecule has 0 aliphatic rings. The van der Waals surface area contributed by atoms with Crippen molar-refractivity contribution in [3.8, 4) is 0 Å². The number of hydrogen-bond donors (Lipinski definition) is 4. The first kappa shape index (κ1) is 45.7. The summed E-state index contributed by atoms with van der Waals surface area (Å²) in [6.45, 7) is 12.5. The molecule has 2 aromatic heterocycles. The number of likely N-dealkylation sites (N-methyl/N-ethyl adjacent to an activating group) is 1. The predicted octanol–water partition coefficient (Wildman–Crippen LogP) is 7.58. The third-order valence-corrected chi connectivity index (χ3v) is 12.7. The minimum absolute atomic E-state index is 0.0350. The molecule has 2 heterocycles. The number of unbranched alkanes of at least 4 members (excludes halogenated alkanes) is 2. The number of carbonyl (C=O) groups excluding carboxylic acids is 4. The Hall–Kier alpha value is -3.98. The molecule has 14 heteroatoms. The summed E-state index contributed by atoms with van der Waals surface area (Å²) in [7, 11) is 5.14. The van der Waals surface area contributed by atoms with Gasteiger partial charge in [-0.1, -0.05) is 72.2 Å². The number of Topliss-reactive ketones (excluding diaryl/α,β-unsaturated/α-hetero) is 2. The molecule has 2 aromatic carbocycles. The fourth-order valence-corrected chi connectivity index (χ4v) is 9.15. The Morgan fingerprint density at radius 3 is 2.40 bits per heavy atom. The number of carbonyl (C=O) groups is 4. The van der Waals surface area contributed by atoms with Crippen LogP contribution in [0.15, 0.2) is 48.5 Å². The molecule has 0 spiro atoms. The Bertz CT molecular complexity index is 1950. The molecule has 0 saturated heterocycles. The largest absolute Gasteiger partial charge is 0.382 e. The van der Waals surface area contributed by atoms with Crippen molar-refractivity contribution in [2.45, 2.75) is 110 Å². The van der Waals surface area contributed by atoms with Crippen molar-refractivity contribution >= 4 is 72.7 Å². The van der Waals surface area contributed by atoms with Gasteiger partial charge in [-0.25, -0.2) is 9.97 Å². The maximum atomic E-state index is 13.1. The molecule has 4 rings (SSSR count). The zero-order valence-corrected chi connectivity index (χ0v) is 36.1. The van der Waals surface area contributed by atoms with E-state index < -0.39 is 0 Å². The number of rotatable bonds is 26. The number of ketones is 2. The summed E-state index contributed by atoms with van der Waals surface area (Å²) >= 11 is 0. The number of imidazole rings is 1. The molecular weight excluding hydrogens is 759 g/mol. The van der Waals surface area contributed by atoms with E-state index in [1.165, 1.54) is 0 Å². The molecule has 2 unspecified atom stereocenters. The molecule has 0 aliphatic carbocycles. The van der Waals surface area contributed by atoms with Crippen LogP contribution in [0, 0.1) is 5.41 Å². The average Bonchev–Trinajstić information content (AvgIpc) is 3.54. The van der Waals surface area contributed by atoms with Crippen molar-refractivity contribution < 1.29 is 23.9 Å². The van der Waals surface area contributed by atoms with Crippen LogP contribution in [0.3, 0.4) is 0 Å². The van der Waals surface area contributed by atoms with Crippen LogP contribution in [0.25, 0.3) is 21.9 Å². The number of benzene rings is 2. The highest BCUT2D eigenvalue weighted by molar-refractivity contribution is 8.76. The van der Waals surface area contributed by atoms with Gasteiger partial charge in [0.2, 0.25) is 5.91 Å². The number of hydrogen-bond acceptors (Lipinski definition) is 11. The maximum absolute atomic E-state index is 13.1. The van der Waals surface area contributed by atoms with Gasteiger partial charge in [-0.05, 0) is 82.7 Å². The van der Waals surface area contributed by atoms with Gasteiger partial charge in [0.05, 0.1) is 17.1 Å². The van der Waals surface area contributed by atoms with Crippen LogP contribution in [-0.4, -0.2) is 76.5 Å². The quantitative estimate of drug-likeness (QED) is 0.0364. The Morgan fingerprint density at radius 2 is 1.68 bits per heavy atom. The molecule has 5 N–H and O–H groups in total. The third kappa shape index (κ3) is 14.1. The Labute approximate surface area is 345 Å². The van der Waals surface area contributed by atoms with Crippen LogP contribution in [0.2, 0.25) is 0 Å². The van der Waals surface area contributed by atoms with Crippen molar-refractivity contribution in [1.29, 1.82) is 0 Å². The molecular formula is C43H61N7O5S2. The van der Waals surface area contributed by atoms with Gasteiger partial charge in [-0.2, -0.15) is 0 Å². The second-order valence-electron chi connectivity index (χ2n) is 15.3. The molecule has 0 saturated carbocycles. The van der Waals surface area contributed by atoms with E-state index in [0.29, 0.717) is 81.2 Å². The average molecular weight is 820 g/mol. The summed E-state index contributed by atoms with van der Waals surface area (Å²) in [4.78, 5) is 59.1. The van der Waals surface area contributed by atoms with Crippen LogP contribution in [0.1, 0.15) is 113 Å². The highest BCUT2D eigenvalue weighted by atomic mass is 33.1. The van der Waals surface area contributed by atoms with E-state index in [-0.39, 0.29) is 40.1 Å². The molecule has 2 atom stereocenters. The van der Waals surface area contributed by atoms with Gasteiger partial charge >= 0.3 is 0 Å². The number of para-hydroxylation sites is 1. The molecule has 12 nitrogen and oxygen atoms in total. The number of nitrogens with zero attached hydrogens (tertiary/aromatic N) is 3. The summed E-state index contributed by atoms with van der Waals surface area (Å²) < 4.78 is 7.92. The lowest BCUT2D eigenvalue weighted by Gasteiger charge is -2.26. The van der Waals surface area contributed by atoms with E-state index in [9.17, 15) is 19.2 Å². The molecule has 4 aromatic rings. The van der Waals surface area contributed by atoms with Gasteiger partial charge in [-0.3, -0.25) is 19.2 Å². The van der Waals surface area contributed by atoms with Crippen molar-refractivity contribution in [1.82, 2.24) is 30.5 Å². The Balaban J connectivity index is 1.10. The van der Waals surface area contributed by atoms with Crippen LogP contribution in [-0.2, 0) is 32.3 Å². The number of fused-ring (bicyclic) bond motifs is 3. The molecule has 0 radical (unpaired) electrons. The lowest BCUT2D eigenvalue weighted by atomic mass is 9.85. The number of aromatic nitrogens is 3. The van der Waals surface area contributed by atoms with Crippen molar-refractivity contribution in [3.63, 3.8) is 0 Å². The smallest absolute Gasteiger partial charge is 0.251 e. The number of nitrogen functional groups attached to an aromatic ring is 1. The van der Waals surface area contributed by atoms with Crippen LogP contribution in [0.4, 0.5) is 5.82 Å². The Morgan fingerprint density at radius 1 is 0.947 bits per heavy atom. The first-order valence-electron chi connectivity index (χ1n) is 20.1. The number of anilines is 1. The molecule has 0 bridgehead atoms. The topological polar surface area (TPSA) is 170 Å². The van der Waals surface area contributed by atoms with Crippen LogP contribution < -0.4 is 21.7 Å². The first-order valence-corrected chi connectivity index (χ1v) is 22.4. The van der Waals surface area contributed by atoms with Crippen LogP contribution in [0.5, 0.6) is 0 Å². The van der Waals surface area contributed by atoms with Crippen molar-refractivity contribution in [3.05, 3.63) is 65.5 Å². The van der Waals surface area contributed by atoms with E-state index in [1.807, 2.05) is 55.5 Å². The van der Waals surface area contributed by atoms with Gasteiger partial charge in [-0.15, -0.1) is 0 Å². The van der Waals surface area contributed by atoms with Crippen molar-refractivity contribution in [2.75, 3.05) is 38.2 Å². The maximum Gasteiger partial charge on any atom is 0.251 e. The third-order valence-electron chi connectivity index (χ3n) is 9.90. The standard InChI is InChI=1S/C43H61N7O5S2/c1-7-55-27-37-49-39-40(34-15-10-11-16-36(34)48-41(39)44)50(37)28-43(4,5)26-33(52)14-9-8-12-23-46-38(53)22-25-56-57-30(3)31-18-20-32(21-19-31)42(54)47-24-13-17-35(45-6)29(2)51/h10-11,15-16,18-21,30,35,45H,7-9,12-14,17,22-28H2,1-6H3,(H2,44,48)(H,46,53)(H,47,54). The Kier molecular flexibility index (Phi) is 18.3. The van der Waals surface area contributed by atoms with Gasteiger partial charge in [0.1, 0.15) is 29.5 Å². The number of nitrogens with two attached hydrogens (primary N) is 1. The lowest BCUT2D eigenvalue weighted by Crippen LogP contribution is -2.33. The molecule has 57 heavy (non-hydrogen) atoms. The SMILES string of the molecule is CCOCc1nc2c(N)nc3ccccc3c2n1CC(C)(C)CC(=O)CCCCCNC(=O)CCSSC(C)c1ccc(C(=O)NCCCC(NC)C(C)=O)cc1. The number of pyridine rings is 1. The first-order chi connectivity index (χ1) is 27.3. The lowest BCUT2D eigenvalue weighted by molar-refractivity contribution is -0.122. The summed E-state index contributed by atoms with van der Waals surface area (Å²) in [5.41, 5.74) is 10.1. The summed E-state index contributed by atoms with van der Waals surface area (Å²) in [6, 6.07) is 15.3. The fraction of sp³-hybridized carbons (Fsp3) is 0.535. The highest BCUT2D eigenvalue weighted by Crippen LogP contribution is 2.38. The molecule has 310 valence electrons. The zero-order chi connectivity index (χ0) is 41.4. The molecule has 2 amide bonds. The number of ether oxygens (including phenoxy) is 1. The minimum atomic E-state index is -0.328. The highest BCUT2D eigenvalue weighted by Gasteiger charge is 2.27. The van der Waals surface area contributed by atoms with E-state index in [2.05, 4.69) is 46.3 Å². The van der Waals surface area contributed by atoms with Gasteiger partial charge < -0.3 is 31.0 Å². The predicted molar refractivity (Wildman–Crippen MR) is 234 cm³/mol. The van der Waals surface area contributed by atoms with Gasteiger partial charge in [0, 0.05) is 67.5 Å². The van der Waals surface area contributed by atoms with E-state index >= 15 is 0 Å². The normalized spacial score (nSPS) is 12.8. The van der Waals surface area contributed by atoms with E-state index in [4.69, 9.17) is 15.5 Å². The molecule has 0 aliphatic heterocycles. The number of nitrogens with one attached hydrogen (secondary N) is 3. The summed E-state index contributed by atoms with van der Waals surface area (Å²) in [5, 5.41) is 10.1. The zero-order valence-electron chi connectivity index (χ0n) is 34.4. The minimum Gasteiger partial charge on any atom is -0.382 e. The summed E-state index contributed by atoms with van der Waals surface area (Å²) in [6.07, 6.45) is 5.28. The summed E-state index contributed by atoms with van der Waals surface area (Å²) in [5.74, 6) is 2.10.